The van der Waals surface area contributed by atoms with Crippen LogP contribution in [0.15, 0.2) is 12.1 Å². The number of nitrogens with two attached hydrogens (primary N) is 1. The first-order chi connectivity index (χ1) is 15.6. The number of carbonyl (C=O) groups is 3. The van der Waals surface area contributed by atoms with Crippen molar-refractivity contribution in [2.45, 2.75) is 75.3 Å². The van der Waals surface area contributed by atoms with Crippen LogP contribution < -0.4 is 10.5 Å². The van der Waals surface area contributed by atoms with E-state index in [4.69, 9.17) is 30.9 Å². The molecule has 0 aromatic heterocycles. The number of hydrogen-bond donors (Lipinski definition) is 5. The first-order valence-electron chi connectivity index (χ1n) is 10.9. The number of halogens is 1. The van der Waals surface area contributed by atoms with Crippen molar-refractivity contribution in [2.75, 3.05) is 6.61 Å². The molecule has 2 aliphatic carbocycles. The van der Waals surface area contributed by atoms with Crippen LogP contribution in [0.3, 0.4) is 0 Å². The number of ether oxygens (including phenoxy) is 1. The summed E-state index contributed by atoms with van der Waals surface area (Å²) in [5.74, 6) is -4.23. The molecule has 33 heavy (non-hydrogen) atoms. The number of carbonyl (C=O) groups excluding carboxylic acids is 1. The van der Waals surface area contributed by atoms with Crippen LogP contribution in [0.25, 0.3) is 0 Å². The molecule has 1 amide bonds. The number of carboxylic acid groups (broad SMARTS) is 2. The van der Waals surface area contributed by atoms with Crippen LogP contribution in [0.5, 0.6) is 5.75 Å². The van der Waals surface area contributed by atoms with Crippen molar-refractivity contribution in [2.24, 2.45) is 5.73 Å². The number of fused-ring (bicyclic) bond motifs is 1. The molecular formula is C22H29FN2O8. The van der Waals surface area contributed by atoms with Crippen molar-refractivity contribution in [3.63, 3.8) is 0 Å². The van der Waals surface area contributed by atoms with Crippen LogP contribution in [-0.2, 0) is 16.0 Å². The van der Waals surface area contributed by atoms with Gasteiger partial charge in [0.25, 0.3) is 0 Å². The first-order valence-corrected chi connectivity index (χ1v) is 10.9. The summed E-state index contributed by atoms with van der Waals surface area (Å²) in [6.45, 7) is 0.499. The SMILES string of the molecule is NC(=O)c1ccc(F)c2c1C[C@@H](N(C1CCC1)C1CCC1)CO2.O=C(O)C(O)C(O)C(=O)O. The third kappa shape index (κ3) is 5.43. The van der Waals surface area contributed by atoms with Crippen LogP contribution in [0.1, 0.15) is 54.4 Å². The number of primary amides is 1. The number of rotatable bonds is 7. The van der Waals surface area contributed by atoms with Gasteiger partial charge in [-0.1, -0.05) is 12.8 Å². The molecule has 3 atom stereocenters. The van der Waals surface area contributed by atoms with Gasteiger partial charge in [0.2, 0.25) is 5.91 Å². The number of aliphatic hydroxyl groups excluding tert-OH is 2. The average molecular weight is 468 g/mol. The molecule has 1 aromatic carbocycles. The minimum absolute atomic E-state index is 0.220. The molecule has 6 N–H and O–H groups in total. The third-order valence-electron chi connectivity index (χ3n) is 6.56. The number of carboxylic acids is 2. The van der Waals surface area contributed by atoms with E-state index in [1.807, 2.05) is 0 Å². The van der Waals surface area contributed by atoms with Gasteiger partial charge in [-0.15, -0.1) is 0 Å². The van der Waals surface area contributed by atoms with Crippen molar-refractivity contribution in [3.05, 3.63) is 29.1 Å². The smallest absolute Gasteiger partial charge is 0.335 e. The fraction of sp³-hybridized carbons (Fsp3) is 0.591. The topological polar surface area (TPSA) is 171 Å². The van der Waals surface area contributed by atoms with Crippen molar-refractivity contribution in [1.82, 2.24) is 4.90 Å². The molecule has 0 radical (unpaired) electrons. The lowest BCUT2D eigenvalue weighted by atomic mass is 9.82. The number of aliphatic carboxylic acids is 2. The predicted octanol–water partition coefficient (Wildman–Crippen LogP) is 0.513. The fourth-order valence-electron chi connectivity index (χ4n) is 4.39. The monoisotopic (exact) mass is 468 g/mol. The first kappa shape index (κ1) is 24.9. The molecule has 0 saturated heterocycles. The van der Waals surface area contributed by atoms with Gasteiger partial charge in [0.1, 0.15) is 6.61 Å². The number of benzene rings is 1. The molecule has 2 saturated carbocycles. The zero-order valence-electron chi connectivity index (χ0n) is 18.0. The highest BCUT2D eigenvalue weighted by atomic mass is 19.1. The van der Waals surface area contributed by atoms with Crippen molar-refractivity contribution in [1.29, 1.82) is 0 Å². The van der Waals surface area contributed by atoms with E-state index in [1.54, 1.807) is 0 Å². The standard InChI is InChI=1S/C18H23FN2O2.C4H6O6/c19-16-8-7-14(18(20)22)15-9-13(10-23-17(15)16)21(11-3-1-4-11)12-5-2-6-12;5-1(3(7)8)2(6)4(9)10/h7-8,11-13H,1-6,9-10H2,(H2,20,22);1-2,5-6H,(H,7,8)(H,9,10)/t13-;/m1./s1. The van der Waals surface area contributed by atoms with Gasteiger partial charge < -0.3 is 30.9 Å². The molecular weight excluding hydrogens is 439 g/mol. The normalized spacial score (nSPS) is 21.9. The van der Waals surface area contributed by atoms with E-state index < -0.39 is 35.9 Å². The van der Waals surface area contributed by atoms with Gasteiger partial charge in [-0.25, -0.2) is 14.0 Å². The van der Waals surface area contributed by atoms with Gasteiger partial charge >= 0.3 is 11.9 Å². The quantitative estimate of drug-likeness (QED) is 0.382. The molecule has 11 heteroatoms. The third-order valence-corrected chi connectivity index (χ3v) is 6.56. The highest BCUT2D eigenvalue weighted by molar-refractivity contribution is 5.95. The summed E-state index contributed by atoms with van der Waals surface area (Å²) in [6.07, 6.45) is 3.67. The summed E-state index contributed by atoms with van der Waals surface area (Å²) in [7, 11) is 0. The highest BCUT2D eigenvalue weighted by Gasteiger charge is 2.40. The van der Waals surface area contributed by atoms with E-state index in [1.165, 1.54) is 50.7 Å². The van der Waals surface area contributed by atoms with Gasteiger partial charge in [-0.3, -0.25) is 9.69 Å². The van der Waals surface area contributed by atoms with Gasteiger partial charge in [0.05, 0.1) is 0 Å². The summed E-state index contributed by atoms with van der Waals surface area (Å²) >= 11 is 0. The molecule has 2 unspecified atom stereocenters. The number of hydrogen-bond acceptors (Lipinski definition) is 7. The molecule has 1 heterocycles. The van der Waals surface area contributed by atoms with Crippen LogP contribution >= 0.6 is 0 Å². The van der Waals surface area contributed by atoms with Crippen molar-refractivity contribution in [3.8, 4) is 5.75 Å². The summed E-state index contributed by atoms with van der Waals surface area (Å²) in [6, 6.07) is 4.23. The number of aliphatic hydroxyl groups is 2. The lowest BCUT2D eigenvalue weighted by Crippen LogP contribution is -2.57. The lowest BCUT2D eigenvalue weighted by Gasteiger charge is -2.51. The number of nitrogens with zero attached hydrogens (tertiary/aromatic N) is 1. The van der Waals surface area contributed by atoms with E-state index in [0.717, 1.165) is 0 Å². The molecule has 0 bridgehead atoms. The molecule has 10 nitrogen and oxygen atoms in total. The molecule has 1 aromatic rings. The molecule has 0 spiro atoms. The second kappa shape index (κ2) is 10.4. The van der Waals surface area contributed by atoms with Crippen LogP contribution in [-0.4, -0.2) is 80.1 Å². The van der Waals surface area contributed by atoms with Crippen molar-refractivity contribution < 1.29 is 43.9 Å². The molecule has 4 rings (SSSR count). The molecule has 2 fully saturated rings. The minimum atomic E-state index is -2.27. The van der Waals surface area contributed by atoms with E-state index >= 15 is 0 Å². The number of amides is 1. The zero-order valence-corrected chi connectivity index (χ0v) is 18.0. The van der Waals surface area contributed by atoms with Gasteiger partial charge in [0.15, 0.2) is 23.8 Å². The zero-order chi connectivity index (χ0) is 24.3. The van der Waals surface area contributed by atoms with Gasteiger partial charge in [0, 0.05) is 29.3 Å². The fourth-order valence-corrected chi connectivity index (χ4v) is 4.39. The lowest BCUT2D eigenvalue weighted by molar-refractivity contribution is -0.165. The largest absolute Gasteiger partial charge is 0.489 e. The Bertz CT molecular complexity index is 871. The summed E-state index contributed by atoms with van der Waals surface area (Å²) < 4.78 is 19.8. The van der Waals surface area contributed by atoms with E-state index in [2.05, 4.69) is 4.90 Å². The Hall–Kier alpha value is -2.76. The maximum atomic E-state index is 14.0. The van der Waals surface area contributed by atoms with Crippen LogP contribution in [0, 0.1) is 5.82 Å². The Balaban J connectivity index is 0.000000262. The van der Waals surface area contributed by atoms with Crippen LogP contribution in [0.4, 0.5) is 4.39 Å². The molecule has 182 valence electrons. The van der Waals surface area contributed by atoms with E-state index in [9.17, 15) is 18.8 Å². The second-order valence-electron chi connectivity index (χ2n) is 8.62. The Morgan fingerprint density at radius 1 is 0.970 bits per heavy atom. The Kier molecular flexibility index (Phi) is 7.88. The maximum Gasteiger partial charge on any atom is 0.335 e. The average Bonchev–Trinajstić information content (AvgIpc) is 2.69. The highest BCUT2D eigenvalue weighted by Crippen LogP contribution is 2.39. The summed E-state index contributed by atoms with van der Waals surface area (Å²) in [5, 5.41) is 32.5. The maximum absolute atomic E-state index is 14.0. The van der Waals surface area contributed by atoms with E-state index in [-0.39, 0.29) is 11.8 Å². The molecule has 3 aliphatic rings. The van der Waals surface area contributed by atoms with Gasteiger partial charge in [-0.2, -0.15) is 0 Å². The summed E-state index contributed by atoms with van der Waals surface area (Å²) in [4.78, 5) is 33.8. The minimum Gasteiger partial charge on any atom is -0.489 e. The Morgan fingerprint density at radius 3 is 1.88 bits per heavy atom. The Morgan fingerprint density at radius 2 is 1.48 bits per heavy atom. The molecule has 1 aliphatic heterocycles. The Labute approximate surface area is 189 Å². The second-order valence-corrected chi connectivity index (χ2v) is 8.62. The van der Waals surface area contributed by atoms with Gasteiger partial charge in [-0.05, 0) is 44.2 Å². The van der Waals surface area contributed by atoms with Crippen molar-refractivity contribution >= 4 is 17.8 Å². The van der Waals surface area contributed by atoms with E-state index in [0.29, 0.717) is 36.2 Å². The van der Waals surface area contributed by atoms with Crippen LogP contribution in [0.2, 0.25) is 0 Å². The predicted molar refractivity (Wildman–Crippen MR) is 112 cm³/mol. The summed E-state index contributed by atoms with van der Waals surface area (Å²) in [5.41, 5.74) is 6.52.